The lowest BCUT2D eigenvalue weighted by atomic mass is 10.3. The van der Waals surface area contributed by atoms with Crippen LogP contribution in [0.1, 0.15) is 25.7 Å². The molecule has 0 aliphatic heterocycles. The predicted molar refractivity (Wildman–Crippen MR) is 99.0 cm³/mol. The SMILES string of the molecule is COc1ccc(Cl)cc1NC(=O)CN(C)C(=O)CSC1CCCC1. The van der Waals surface area contributed by atoms with Gasteiger partial charge < -0.3 is 15.0 Å². The van der Waals surface area contributed by atoms with Crippen molar-refractivity contribution >= 4 is 40.9 Å². The molecule has 1 N–H and O–H groups in total. The minimum absolute atomic E-state index is 0.000270. The molecule has 1 aromatic rings. The van der Waals surface area contributed by atoms with Crippen LogP contribution in [0, 0.1) is 0 Å². The van der Waals surface area contributed by atoms with E-state index in [-0.39, 0.29) is 18.4 Å². The summed E-state index contributed by atoms with van der Waals surface area (Å²) in [6, 6.07) is 4.99. The third kappa shape index (κ3) is 5.60. The zero-order valence-corrected chi connectivity index (χ0v) is 15.6. The summed E-state index contributed by atoms with van der Waals surface area (Å²) in [5.41, 5.74) is 0.496. The standard InChI is InChI=1S/C17H23ClN2O3S/c1-20(17(22)11-24-13-5-3-4-6-13)10-16(21)19-14-9-12(18)7-8-15(14)23-2/h7-9,13H,3-6,10-11H2,1-2H3,(H,19,21). The van der Waals surface area contributed by atoms with Crippen LogP contribution in [0.4, 0.5) is 5.69 Å². The van der Waals surface area contributed by atoms with Crippen molar-refractivity contribution in [3.63, 3.8) is 0 Å². The van der Waals surface area contributed by atoms with Crippen LogP contribution in [0.25, 0.3) is 0 Å². The van der Waals surface area contributed by atoms with Crippen molar-refractivity contribution in [3.8, 4) is 5.75 Å². The Morgan fingerprint density at radius 2 is 2.08 bits per heavy atom. The van der Waals surface area contributed by atoms with Crippen molar-refractivity contribution in [2.75, 3.05) is 31.8 Å². The molecule has 0 spiro atoms. The fourth-order valence-corrected chi connectivity index (χ4v) is 4.06. The van der Waals surface area contributed by atoms with Crippen molar-refractivity contribution in [2.24, 2.45) is 0 Å². The van der Waals surface area contributed by atoms with Crippen LogP contribution in [0.3, 0.4) is 0 Å². The number of hydrogen-bond acceptors (Lipinski definition) is 4. The van der Waals surface area contributed by atoms with Gasteiger partial charge in [-0.3, -0.25) is 9.59 Å². The molecule has 5 nitrogen and oxygen atoms in total. The number of halogens is 1. The Kier molecular flexibility index (Phi) is 7.24. The number of benzene rings is 1. The Hall–Kier alpha value is -1.40. The smallest absolute Gasteiger partial charge is 0.244 e. The first-order valence-electron chi connectivity index (χ1n) is 7.98. The van der Waals surface area contributed by atoms with Crippen molar-refractivity contribution in [1.29, 1.82) is 0 Å². The molecule has 1 aliphatic carbocycles. The first-order valence-corrected chi connectivity index (χ1v) is 9.41. The van der Waals surface area contributed by atoms with Gasteiger partial charge in [0, 0.05) is 17.3 Å². The highest BCUT2D eigenvalue weighted by atomic mass is 35.5. The number of likely N-dealkylation sites (N-methyl/N-ethyl adjacent to an activating group) is 1. The van der Waals surface area contributed by atoms with Crippen molar-refractivity contribution in [3.05, 3.63) is 23.2 Å². The van der Waals surface area contributed by atoms with Gasteiger partial charge in [0.1, 0.15) is 5.75 Å². The normalized spacial score (nSPS) is 14.5. The Labute approximate surface area is 152 Å². The lowest BCUT2D eigenvalue weighted by molar-refractivity contribution is -0.131. The maximum Gasteiger partial charge on any atom is 0.244 e. The van der Waals surface area contributed by atoms with E-state index in [0.717, 1.165) is 0 Å². The molecule has 0 bridgehead atoms. The third-order valence-corrected chi connectivity index (χ3v) is 5.58. The highest BCUT2D eigenvalue weighted by molar-refractivity contribution is 8.00. The summed E-state index contributed by atoms with van der Waals surface area (Å²) in [5, 5.41) is 3.83. The Morgan fingerprint density at radius 3 is 2.75 bits per heavy atom. The number of ether oxygens (including phenoxy) is 1. The number of carbonyl (C=O) groups excluding carboxylic acids is 2. The van der Waals surface area contributed by atoms with Crippen molar-refractivity contribution in [1.82, 2.24) is 4.90 Å². The summed E-state index contributed by atoms with van der Waals surface area (Å²) < 4.78 is 5.19. The molecule has 0 radical (unpaired) electrons. The van der Waals surface area contributed by atoms with Gasteiger partial charge in [-0.15, -0.1) is 11.8 Å². The maximum atomic E-state index is 12.2. The fraction of sp³-hybridized carbons (Fsp3) is 0.529. The van der Waals surface area contributed by atoms with Gasteiger partial charge in [0.15, 0.2) is 0 Å². The van der Waals surface area contributed by atoms with Crippen molar-refractivity contribution < 1.29 is 14.3 Å². The van der Waals surface area contributed by atoms with Gasteiger partial charge in [-0.1, -0.05) is 24.4 Å². The quantitative estimate of drug-likeness (QED) is 0.798. The number of nitrogens with one attached hydrogen (secondary N) is 1. The number of nitrogens with zero attached hydrogens (tertiary/aromatic N) is 1. The zero-order valence-electron chi connectivity index (χ0n) is 14.0. The number of rotatable bonds is 7. The molecule has 0 saturated heterocycles. The number of amides is 2. The number of thioether (sulfide) groups is 1. The number of methoxy groups -OCH3 is 1. The van der Waals surface area contributed by atoms with Gasteiger partial charge in [-0.25, -0.2) is 0 Å². The largest absolute Gasteiger partial charge is 0.495 e. The molecule has 0 atom stereocenters. The zero-order chi connectivity index (χ0) is 17.5. The second-order valence-corrected chi connectivity index (χ2v) is 7.59. The molecule has 0 heterocycles. The van der Waals surface area contributed by atoms with Crippen molar-refractivity contribution in [2.45, 2.75) is 30.9 Å². The molecule has 24 heavy (non-hydrogen) atoms. The molecule has 132 valence electrons. The Bertz CT molecular complexity index is 591. The van der Waals surface area contributed by atoms with Gasteiger partial charge in [-0.2, -0.15) is 0 Å². The van der Waals surface area contributed by atoms with E-state index in [2.05, 4.69) is 5.32 Å². The molecule has 1 aliphatic rings. The summed E-state index contributed by atoms with van der Waals surface area (Å²) in [5.74, 6) is 0.644. The Morgan fingerprint density at radius 1 is 1.38 bits per heavy atom. The second-order valence-electron chi connectivity index (χ2n) is 5.86. The highest BCUT2D eigenvalue weighted by Crippen LogP contribution is 2.29. The van der Waals surface area contributed by atoms with Crippen LogP contribution in [-0.4, -0.2) is 48.4 Å². The molecule has 2 amide bonds. The number of hydrogen-bond donors (Lipinski definition) is 1. The van der Waals surface area contributed by atoms with E-state index >= 15 is 0 Å². The average Bonchev–Trinajstić information content (AvgIpc) is 3.06. The summed E-state index contributed by atoms with van der Waals surface area (Å²) >= 11 is 7.64. The van der Waals surface area contributed by atoms with E-state index in [1.54, 1.807) is 37.0 Å². The van der Waals surface area contributed by atoms with Crippen LogP contribution < -0.4 is 10.1 Å². The summed E-state index contributed by atoms with van der Waals surface area (Å²) in [6.07, 6.45) is 4.89. The van der Waals surface area contributed by atoms with Gasteiger partial charge in [0.2, 0.25) is 11.8 Å². The van der Waals surface area contributed by atoms with Crippen LogP contribution in [0.2, 0.25) is 5.02 Å². The summed E-state index contributed by atoms with van der Waals surface area (Å²) in [6.45, 7) is -0.000270. The van der Waals surface area contributed by atoms with Crippen LogP contribution in [0.15, 0.2) is 18.2 Å². The van der Waals surface area contributed by atoms with Crippen LogP contribution >= 0.6 is 23.4 Å². The maximum absolute atomic E-state index is 12.2. The predicted octanol–water partition coefficient (Wildman–Crippen LogP) is 3.42. The lowest BCUT2D eigenvalue weighted by Gasteiger charge is -2.18. The van der Waals surface area contributed by atoms with Gasteiger partial charge >= 0.3 is 0 Å². The lowest BCUT2D eigenvalue weighted by Crippen LogP contribution is -2.36. The van der Waals surface area contributed by atoms with E-state index in [1.807, 2.05) is 0 Å². The summed E-state index contributed by atoms with van der Waals surface area (Å²) in [7, 11) is 3.17. The Balaban J connectivity index is 1.82. The molecule has 1 aromatic carbocycles. The molecule has 1 fully saturated rings. The minimum atomic E-state index is -0.280. The first kappa shape index (κ1) is 18.9. The van der Waals surface area contributed by atoms with Gasteiger partial charge in [0.05, 0.1) is 25.1 Å². The van der Waals surface area contributed by atoms with Crippen LogP contribution in [0.5, 0.6) is 5.75 Å². The molecular weight excluding hydrogens is 348 g/mol. The van der Waals surface area contributed by atoms with E-state index in [0.29, 0.717) is 27.5 Å². The molecule has 0 unspecified atom stereocenters. The van der Waals surface area contributed by atoms with E-state index in [1.165, 1.54) is 37.7 Å². The average molecular weight is 371 g/mol. The third-order valence-electron chi connectivity index (χ3n) is 3.99. The topological polar surface area (TPSA) is 58.6 Å². The van der Waals surface area contributed by atoms with E-state index < -0.39 is 0 Å². The fourth-order valence-electron chi connectivity index (χ4n) is 2.63. The van der Waals surface area contributed by atoms with E-state index in [9.17, 15) is 9.59 Å². The number of carbonyl (C=O) groups is 2. The van der Waals surface area contributed by atoms with Crippen LogP contribution in [-0.2, 0) is 9.59 Å². The highest BCUT2D eigenvalue weighted by Gasteiger charge is 2.19. The molecular formula is C17H23ClN2O3S. The summed E-state index contributed by atoms with van der Waals surface area (Å²) in [4.78, 5) is 25.8. The van der Waals surface area contributed by atoms with Gasteiger partial charge in [-0.05, 0) is 31.0 Å². The van der Waals surface area contributed by atoms with E-state index in [4.69, 9.17) is 16.3 Å². The molecule has 2 rings (SSSR count). The number of anilines is 1. The molecule has 1 saturated carbocycles. The molecule has 0 aromatic heterocycles. The first-order chi connectivity index (χ1) is 11.5. The second kappa shape index (κ2) is 9.18. The minimum Gasteiger partial charge on any atom is -0.495 e. The van der Waals surface area contributed by atoms with Gasteiger partial charge in [0.25, 0.3) is 0 Å². The monoisotopic (exact) mass is 370 g/mol. The molecule has 7 heteroatoms.